The van der Waals surface area contributed by atoms with Crippen molar-refractivity contribution in [2.75, 3.05) is 33.4 Å². The lowest BCUT2D eigenvalue weighted by Gasteiger charge is -2.34. The number of nitrogens with one attached hydrogen (secondary N) is 1. The predicted octanol–water partition coefficient (Wildman–Crippen LogP) is 1.20. The summed E-state index contributed by atoms with van der Waals surface area (Å²) in [6.45, 7) is 2.39. The number of hydrogen-bond donors (Lipinski definition) is 2. The molecule has 2 aliphatic rings. The summed E-state index contributed by atoms with van der Waals surface area (Å²) in [5.41, 5.74) is 1.11. The molecule has 4 rings (SSSR count). The van der Waals surface area contributed by atoms with E-state index in [1.165, 1.54) is 0 Å². The van der Waals surface area contributed by atoms with Gasteiger partial charge in [-0.15, -0.1) is 0 Å². The fourth-order valence-corrected chi connectivity index (χ4v) is 4.05. The Labute approximate surface area is 158 Å². The van der Waals surface area contributed by atoms with Crippen molar-refractivity contribution in [2.24, 2.45) is 0 Å². The summed E-state index contributed by atoms with van der Waals surface area (Å²) in [6, 6.07) is 9.72. The van der Waals surface area contributed by atoms with Gasteiger partial charge in [0.1, 0.15) is 11.4 Å². The van der Waals surface area contributed by atoms with Crippen molar-refractivity contribution in [1.82, 2.24) is 15.2 Å². The zero-order valence-corrected chi connectivity index (χ0v) is 15.4. The SMILES string of the molecule is COc1cc(C(=O)N[C@H]2C[C@H]3CO[C@@H](CCO)CN3C2)nc2ccccc12. The van der Waals surface area contributed by atoms with Gasteiger partial charge in [0.2, 0.25) is 0 Å². The monoisotopic (exact) mass is 371 g/mol. The van der Waals surface area contributed by atoms with Crippen LogP contribution in [0.15, 0.2) is 30.3 Å². The van der Waals surface area contributed by atoms with Crippen molar-refractivity contribution in [3.05, 3.63) is 36.0 Å². The van der Waals surface area contributed by atoms with E-state index in [4.69, 9.17) is 14.6 Å². The molecule has 7 nitrogen and oxygen atoms in total. The number of amides is 1. The standard InChI is InChI=1S/C20H25N3O4/c1-26-19-9-18(22-17-5-3-2-4-16(17)19)20(25)21-13-8-14-12-27-15(6-7-24)11-23(14)10-13/h2-5,9,13-15,24H,6-8,10-12H2,1H3,(H,21,25)/t13-,14-,15-/m0/s1. The topological polar surface area (TPSA) is 83.9 Å². The Morgan fingerprint density at radius 3 is 3.07 bits per heavy atom. The molecule has 2 N–H and O–H groups in total. The Bertz CT molecular complexity index is 828. The lowest BCUT2D eigenvalue weighted by molar-refractivity contribution is -0.0566. The Hall–Kier alpha value is -2.22. The molecule has 144 valence electrons. The van der Waals surface area contributed by atoms with Crippen LogP contribution in [0, 0.1) is 0 Å². The lowest BCUT2D eigenvalue weighted by Crippen LogP contribution is -2.46. The molecule has 1 amide bonds. The number of aromatic nitrogens is 1. The Balaban J connectivity index is 1.45. The second-order valence-electron chi connectivity index (χ2n) is 7.21. The molecule has 3 atom stereocenters. The number of aliphatic hydroxyl groups is 1. The molecule has 2 aliphatic heterocycles. The summed E-state index contributed by atoms with van der Waals surface area (Å²) in [5, 5.41) is 13.1. The van der Waals surface area contributed by atoms with Crippen LogP contribution in [0.4, 0.5) is 0 Å². The molecule has 2 aromatic rings. The molecule has 0 aliphatic carbocycles. The highest BCUT2D eigenvalue weighted by Gasteiger charge is 2.37. The van der Waals surface area contributed by atoms with E-state index in [2.05, 4.69) is 15.2 Å². The van der Waals surface area contributed by atoms with E-state index in [9.17, 15) is 4.79 Å². The molecule has 0 unspecified atom stereocenters. The number of aliphatic hydroxyl groups excluding tert-OH is 1. The normalized spacial score (nSPS) is 25.3. The minimum Gasteiger partial charge on any atom is -0.496 e. The molecule has 0 spiro atoms. The number of ether oxygens (including phenoxy) is 2. The first kappa shape index (κ1) is 18.2. The third kappa shape index (κ3) is 3.76. The number of carbonyl (C=O) groups excluding carboxylic acids is 1. The predicted molar refractivity (Wildman–Crippen MR) is 101 cm³/mol. The number of methoxy groups -OCH3 is 1. The molecule has 27 heavy (non-hydrogen) atoms. The first-order valence-corrected chi connectivity index (χ1v) is 9.39. The van der Waals surface area contributed by atoms with Crippen LogP contribution in [0.1, 0.15) is 23.3 Å². The minimum atomic E-state index is -0.184. The van der Waals surface area contributed by atoms with Gasteiger partial charge < -0.3 is 19.9 Å². The van der Waals surface area contributed by atoms with Crippen LogP contribution in [0.25, 0.3) is 10.9 Å². The molecule has 1 aromatic carbocycles. The van der Waals surface area contributed by atoms with Crippen molar-refractivity contribution < 1.29 is 19.4 Å². The summed E-state index contributed by atoms with van der Waals surface area (Å²) in [7, 11) is 1.60. The number of rotatable bonds is 5. The van der Waals surface area contributed by atoms with Crippen molar-refractivity contribution >= 4 is 16.8 Å². The molecule has 3 heterocycles. The maximum absolute atomic E-state index is 12.8. The van der Waals surface area contributed by atoms with E-state index < -0.39 is 0 Å². The molecule has 2 saturated heterocycles. The first-order chi connectivity index (χ1) is 13.2. The van der Waals surface area contributed by atoms with E-state index in [1.807, 2.05) is 24.3 Å². The maximum Gasteiger partial charge on any atom is 0.270 e. The van der Waals surface area contributed by atoms with Crippen LogP contribution in [0.2, 0.25) is 0 Å². The van der Waals surface area contributed by atoms with Gasteiger partial charge >= 0.3 is 0 Å². The smallest absolute Gasteiger partial charge is 0.270 e. The highest BCUT2D eigenvalue weighted by molar-refractivity contribution is 5.97. The van der Waals surface area contributed by atoms with Gasteiger partial charge in [0.25, 0.3) is 5.91 Å². The number of carbonyl (C=O) groups is 1. The number of para-hydroxylation sites is 1. The van der Waals surface area contributed by atoms with E-state index in [0.29, 0.717) is 30.5 Å². The van der Waals surface area contributed by atoms with Crippen LogP contribution >= 0.6 is 0 Å². The van der Waals surface area contributed by atoms with Crippen LogP contribution < -0.4 is 10.1 Å². The minimum absolute atomic E-state index is 0.0678. The zero-order valence-electron chi connectivity index (χ0n) is 15.4. The largest absolute Gasteiger partial charge is 0.496 e. The van der Waals surface area contributed by atoms with Crippen LogP contribution in [-0.2, 0) is 4.74 Å². The summed E-state index contributed by atoms with van der Waals surface area (Å²) in [4.78, 5) is 19.6. The molecule has 0 bridgehead atoms. The Kier molecular flexibility index (Phi) is 5.24. The van der Waals surface area contributed by atoms with Crippen LogP contribution in [-0.4, -0.2) is 72.5 Å². The number of benzene rings is 1. The fourth-order valence-electron chi connectivity index (χ4n) is 4.05. The molecule has 1 aromatic heterocycles. The van der Waals surface area contributed by atoms with E-state index in [1.54, 1.807) is 13.2 Å². The van der Waals surface area contributed by atoms with Gasteiger partial charge in [0.15, 0.2) is 0 Å². The van der Waals surface area contributed by atoms with Crippen molar-refractivity contribution in [3.8, 4) is 5.75 Å². The number of morpholine rings is 1. The zero-order chi connectivity index (χ0) is 18.8. The molecule has 7 heteroatoms. The number of hydrogen-bond acceptors (Lipinski definition) is 6. The van der Waals surface area contributed by atoms with Gasteiger partial charge in [-0.3, -0.25) is 9.69 Å². The second kappa shape index (κ2) is 7.80. The lowest BCUT2D eigenvalue weighted by atomic mass is 10.1. The maximum atomic E-state index is 12.8. The molecular formula is C20H25N3O4. The fraction of sp³-hybridized carbons (Fsp3) is 0.500. The second-order valence-corrected chi connectivity index (χ2v) is 7.21. The van der Waals surface area contributed by atoms with Gasteiger partial charge in [0.05, 0.1) is 25.3 Å². The molecular weight excluding hydrogens is 346 g/mol. The summed E-state index contributed by atoms with van der Waals surface area (Å²) in [5.74, 6) is 0.464. The third-order valence-corrected chi connectivity index (χ3v) is 5.41. The summed E-state index contributed by atoms with van der Waals surface area (Å²) in [6.07, 6.45) is 1.59. The van der Waals surface area contributed by atoms with Gasteiger partial charge in [-0.2, -0.15) is 0 Å². The van der Waals surface area contributed by atoms with E-state index in [-0.39, 0.29) is 24.7 Å². The van der Waals surface area contributed by atoms with E-state index >= 15 is 0 Å². The molecule has 0 radical (unpaired) electrons. The Morgan fingerprint density at radius 1 is 1.41 bits per heavy atom. The van der Waals surface area contributed by atoms with Crippen LogP contribution in [0.3, 0.4) is 0 Å². The average molecular weight is 371 g/mol. The van der Waals surface area contributed by atoms with Crippen molar-refractivity contribution in [3.63, 3.8) is 0 Å². The van der Waals surface area contributed by atoms with Crippen molar-refractivity contribution in [1.29, 1.82) is 0 Å². The summed E-state index contributed by atoms with van der Waals surface area (Å²) < 4.78 is 11.2. The van der Waals surface area contributed by atoms with Crippen LogP contribution in [0.5, 0.6) is 5.75 Å². The highest BCUT2D eigenvalue weighted by Crippen LogP contribution is 2.26. The number of fused-ring (bicyclic) bond motifs is 2. The first-order valence-electron chi connectivity index (χ1n) is 9.39. The van der Waals surface area contributed by atoms with Gasteiger partial charge in [0, 0.05) is 43.2 Å². The molecule has 2 fully saturated rings. The summed E-state index contributed by atoms with van der Waals surface area (Å²) >= 11 is 0. The third-order valence-electron chi connectivity index (χ3n) is 5.41. The highest BCUT2D eigenvalue weighted by atomic mass is 16.5. The number of pyridine rings is 1. The van der Waals surface area contributed by atoms with Crippen molar-refractivity contribution in [2.45, 2.75) is 31.0 Å². The van der Waals surface area contributed by atoms with Gasteiger partial charge in [-0.25, -0.2) is 4.98 Å². The van der Waals surface area contributed by atoms with Gasteiger partial charge in [-0.1, -0.05) is 12.1 Å². The number of nitrogens with zero attached hydrogens (tertiary/aromatic N) is 2. The molecule has 0 saturated carbocycles. The van der Waals surface area contributed by atoms with Gasteiger partial charge in [-0.05, 0) is 25.0 Å². The average Bonchev–Trinajstić information content (AvgIpc) is 3.08. The quantitative estimate of drug-likeness (QED) is 0.822. The Morgan fingerprint density at radius 2 is 2.26 bits per heavy atom. The van der Waals surface area contributed by atoms with E-state index in [0.717, 1.165) is 30.4 Å².